The van der Waals surface area contributed by atoms with Crippen LogP contribution in [0.5, 0.6) is 0 Å². The van der Waals surface area contributed by atoms with Gasteiger partial charge in [-0.25, -0.2) is 8.42 Å². The Morgan fingerprint density at radius 2 is 1.81 bits per heavy atom. The summed E-state index contributed by atoms with van der Waals surface area (Å²) in [6, 6.07) is 22.3. The first-order valence-electron chi connectivity index (χ1n) is 10.0. The lowest BCUT2D eigenvalue weighted by atomic mass is 10.0. The average molecular weight is 449 g/mol. The number of benzene rings is 3. The maximum atomic E-state index is 13.0. The van der Waals surface area contributed by atoms with Crippen LogP contribution in [0.1, 0.15) is 22.3 Å². The van der Waals surface area contributed by atoms with Gasteiger partial charge in [-0.3, -0.25) is 9.10 Å². The van der Waals surface area contributed by atoms with Crippen molar-refractivity contribution in [3.8, 4) is 0 Å². The Morgan fingerprint density at radius 3 is 2.65 bits per heavy atom. The summed E-state index contributed by atoms with van der Waals surface area (Å²) < 4.78 is 27.9. The summed E-state index contributed by atoms with van der Waals surface area (Å²) in [6.07, 6.45) is 1.50. The van der Waals surface area contributed by atoms with E-state index in [1.165, 1.54) is 15.6 Å². The van der Waals surface area contributed by atoms with Gasteiger partial charge in [0.1, 0.15) is 4.21 Å². The van der Waals surface area contributed by atoms with Gasteiger partial charge in [-0.2, -0.15) is 0 Å². The monoisotopic (exact) mass is 448 g/mol. The molecule has 2 heterocycles. The molecule has 1 aromatic heterocycles. The fourth-order valence-corrected chi connectivity index (χ4v) is 6.68. The Morgan fingerprint density at radius 1 is 0.968 bits per heavy atom. The average Bonchev–Trinajstić information content (AvgIpc) is 3.34. The predicted molar refractivity (Wildman–Crippen MR) is 126 cm³/mol. The number of amides is 1. The van der Waals surface area contributed by atoms with Gasteiger partial charge in [0.05, 0.1) is 5.69 Å². The van der Waals surface area contributed by atoms with Crippen LogP contribution in [0.15, 0.2) is 82.4 Å². The van der Waals surface area contributed by atoms with Crippen molar-refractivity contribution >= 4 is 49.4 Å². The minimum Gasteiger partial charge on any atom is -0.322 e. The molecule has 0 spiro atoms. The second-order valence-electron chi connectivity index (χ2n) is 7.44. The second-order valence-corrected chi connectivity index (χ2v) is 10.5. The van der Waals surface area contributed by atoms with Gasteiger partial charge in [-0.05, 0) is 64.9 Å². The van der Waals surface area contributed by atoms with Crippen LogP contribution in [-0.4, -0.2) is 20.9 Å². The van der Waals surface area contributed by atoms with Crippen LogP contribution in [-0.2, 0) is 16.4 Å². The molecule has 0 atom stereocenters. The summed E-state index contributed by atoms with van der Waals surface area (Å²) in [4.78, 5) is 13.0. The number of sulfonamides is 1. The van der Waals surface area contributed by atoms with Gasteiger partial charge < -0.3 is 5.32 Å². The molecule has 0 aliphatic carbocycles. The molecule has 1 aliphatic rings. The van der Waals surface area contributed by atoms with Gasteiger partial charge in [-0.1, -0.05) is 42.5 Å². The number of nitrogens with zero attached hydrogens (tertiary/aromatic N) is 1. The lowest BCUT2D eigenvalue weighted by Gasteiger charge is -2.30. The fraction of sp³-hybridized carbons (Fsp3) is 0.125. The van der Waals surface area contributed by atoms with E-state index in [2.05, 4.69) is 5.32 Å². The number of nitrogens with one attached hydrogen (secondary N) is 1. The zero-order valence-electron chi connectivity index (χ0n) is 16.6. The standard InChI is InChI=1S/C24H20N2O3S2/c27-24(21-10-3-7-17-6-1-2-9-20(17)21)25-19-12-13-22-18(16-19)8-4-14-26(22)31(28,29)23-11-5-15-30-23/h1-3,5-7,9-13,15-16H,4,8,14H2,(H,25,27). The van der Waals surface area contributed by atoms with E-state index in [4.69, 9.17) is 0 Å². The van der Waals surface area contributed by atoms with E-state index in [1.807, 2.05) is 48.5 Å². The number of carbonyl (C=O) groups is 1. The number of thiophene rings is 1. The fourth-order valence-electron chi connectivity index (χ4n) is 4.03. The van der Waals surface area contributed by atoms with Crippen LogP contribution in [0.4, 0.5) is 11.4 Å². The lowest BCUT2D eigenvalue weighted by Crippen LogP contribution is -2.35. The lowest BCUT2D eigenvalue weighted by molar-refractivity contribution is 0.102. The van der Waals surface area contributed by atoms with Crippen LogP contribution in [0.2, 0.25) is 0 Å². The first-order valence-corrected chi connectivity index (χ1v) is 12.3. The van der Waals surface area contributed by atoms with Crippen molar-refractivity contribution in [1.29, 1.82) is 0 Å². The van der Waals surface area contributed by atoms with Crippen molar-refractivity contribution in [2.45, 2.75) is 17.1 Å². The number of fused-ring (bicyclic) bond motifs is 2. The van der Waals surface area contributed by atoms with Crippen molar-refractivity contribution in [3.05, 3.63) is 89.3 Å². The van der Waals surface area contributed by atoms with E-state index in [0.29, 0.717) is 27.7 Å². The van der Waals surface area contributed by atoms with Crippen molar-refractivity contribution in [2.24, 2.45) is 0 Å². The quantitative estimate of drug-likeness (QED) is 0.461. The third-order valence-corrected chi connectivity index (χ3v) is 8.67. The van der Waals surface area contributed by atoms with E-state index in [9.17, 15) is 13.2 Å². The van der Waals surface area contributed by atoms with E-state index >= 15 is 0 Å². The summed E-state index contributed by atoms with van der Waals surface area (Å²) in [5, 5.41) is 6.65. The smallest absolute Gasteiger partial charge is 0.273 e. The van der Waals surface area contributed by atoms with Crippen LogP contribution in [0.25, 0.3) is 10.8 Å². The minimum absolute atomic E-state index is 0.185. The molecule has 1 N–H and O–H groups in total. The summed E-state index contributed by atoms with van der Waals surface area (Å²) in [6.45, 7) is 0.453. The molecular weight excluding hydrogens is 428 g/mol. The van der Waals surface area contributed by atoms with Gasteiger partial charge in [0.2, 0.25) is 0 Å². The molecule has 0 saturated heterocycles. The third kappa shape index (κ3) is 3.60. The Kier molecular flexibility index (Phi) is 5.00. The topological polar surface area (TPSA) is 66.5 Å². The number of hydrogen-bond donors (Lipinski definition) is 1. The van der Waals surface area contributed by atoms with Gasteiger partial charge in [0.25, 0.3) is 15.9 Å². The number of carbonyl (C=O) groups excluding carboxylic acids is 1. The molecule has 0 bridgehead atoms. The molecule has 0 radical (unpaired) electrons. The number of anilines is 2. The summed E-state index contributed by atoms with van der Waals surface area (Å²) in [5.41, 5.74) is 2.87. The van der Waals surface area contributed by atoms with Crippen LogP contribution in [0, 0.1) is 0 Å². The molecule has 4 aromatic rings. The van der Waals surface area contributed by atoms with Crippen molar-refractivity contribution in [2.75, 3.05) is 16.2 Å². The maximum absolute atomic E-state index is 13.0. The largest absolute Gasteiger partial charge is 0.322 e. The number of rotatable bonds is 4. The number of aryl methyl sites for hydroxylation is 1. The van der Waals surface area contributed by atoms with Crippen molar-refractivity contribution in [1.82, 2.24) is 0 Å². The van der Waals surface area contributed by atoms with Crippen LogP contribution in [0.3, 0.4) is 0 Å². The first kappa shape index (κ1) is 19.8. The molecule has 0 fully saturated rings. The molecule has 5 nitrogen and oxygen atoms in total. The van der Waals surface area contributed by atoms with Crippen molar-refractivity contribution < 1.29 is 13.2 Å². The van der Waals surface area contributed by atoms with E-state index in [0.717, 1.165) is 29.2 Å². The van der Waals surface area contributed by atoms with E-state index in [-0.39, 0.29) is 5.91 Å². The normalized spacial score (nSPS) is 13.7. The van der Waals surface area contributed by atoms with E-state index < -0.39 is 10.0 Å². The maximum Gasteiger partial charge on any atom is 0.273 e. The molecule has 156 valence electrons. The first-order chi connectivity index (χ1) is 15.0. The molecule has 31 heavy (non-hydrogen) atoms. The molecule has 7 heteroatoms. The Balaban J connectivity index is 1.45. The van der Waals surface area contributed by atoms with Gasteiger partial charge in [0, 0.05) is 17.8 Å². The van der Waals surface area contributed by atoms with Crippen LogP contribution < -0.4 is 9.62 Å². The highest BCUT2D eigenvalue weighted by molar-refractivity contribution is 7.94. The molecule has 3 aromatic carbocycles. The highest BCUT2D eigenvalue weighted by Crippen LogP contribution is 2.35. The summed E-state index contributed by atoms with van der Waals surface area (Å²) >= 11 is 1.22. The zero-order valence-corrected chi connectivity index (χ0v) is 18.2. The SMILES string of the molecule is O=C(Nc1ccc2c(c1)CCCN2S(=O)(=O)c1cccs1)c1cccc2ccccc12. The molecule has 1 amide bonds. The third-order valence-electron chi connectivity index (χ3n) is 5.49. The minimum atomic E-state index is -3.57. The highest BCUT2D eigenvalue weighted by Gasteiger charge is 2.30. The molecule has 0 saturated carbocycles. The Labute approximate surface area is 185 Å². The molecular formula is C24H20N2O3S2. The summed E-state index contributed by atoms with van der Waals surface area (Å²) in [5.74, 6) is -0.185. The molecule has 5 rings (SSSR count). The zero-order chi connectivity index (χ0) is 21.4. The Bertz CT molecular complexity index is 1370. The number of hydrogen-bond acceptors (Lipinski definition) is 4. The van der Waals surface area contributed by atoms with Gasteiger partial charge in [0.15, 0.2) is 0 Å². The van der Waals surface area contributed by atoms with Crippen molar-refractivity contribution in [3.63, 3.8) is 0 Å². The van der Waals surface area contributed by atoms with Gasteiger partial charge in [-0.15, -0.1) is 11.3 Å². The van der Waals surface area contributed by atoms with Crippen LogP contribution >= 0.6 is 11.3 Å². The summed E-state index contributed by atoms with van der Waals surface area (Å²) in [7, 11) is -3.57. The van der Waals surface area contributed by atoms with Gasteiger partial charge >= 0.3 is 0 Å². The predicted octanol–water partition coefficient (Wildman–Crippen LogP) is 5.30. The highest BCUT2D eigenvalue weighted by atomic mass is 32.2. The second kappa shape index (κ2) is 7.83. The molecule has 1 aliphatic heterocycles. The van der Waals surface area contributed by atoms with E-state index in [1.54, 1.807) is 29.6 Å². The Hall–Kier alpha value is -3.16. The molecule has 0 unspecified atom stereocenters.